The van der Waals surface area contributed by atoms with Crippen LogP contribution in [0.5, 0.6) is 0 Å². The molecule has 3 nitrogen and oxygen atoms in total. The summed E-state index contributed by atoms with van der Waals surface area (Å²) in [4.78, 5) is 23.0. The molecule has 1 aromatic carbocycles. The lowest BCUT2D eigenvalue weighted by atomic mass is 9.85. The first-order valence-corrected chi connectivity index (χ1v) is 6.93. The van der Waals surface area contributed by atoms with Gasteiger partial charge >= 0.3 is 5.97 Å². The van der Waals surface area contributed by atoms with Gasteiger partial charge in [0.2, 0.25) is 0 Å². The molecule has 0 amide bonds. The maximum absolute atomic E-state index is 11.9. The van der Waals surface area contributed by atoms with Gasteiger partial charge in [0.25, 0.3) is 0 Å². The third-order valence-electron chi connectivity index (χ3n) is 3.45. The molecule has 0 radical (unpaired) electrons. The molecule has 110 valence electrons. The number of hydrogen-bond acceptors (Lipinski definition) is 3. The Morgan fingerprint density at radius 1 is 1.15 bits per heavy atom. The van der Waals surface area contributed by atoms with Gasteiger partial charge in [0.05, 0.1) is 13.0 Å². The Hall–Kier alpha value is -1.64. The molecule has 1 aromatic rings. The predicted molar refractivity (Wildman–Crippen MR) is 79.8 cm³/mol. The third kappa shape index (κ3) is 4.48. The lowest BCUT2D eigenvalue weighted by molar-refractivity contribution is -0.142. The van der Waals surface area contributed by atoms with Gasteiger partial charge in [0.15, 0.2) is 0 Å². The minimum Gasteiger partial charge on any atom is -0.469 e. The van der Waals surface area contributed by atoms with Crippen LogP contribution in [0, 0.1) is 0 Å². The molecule has 20 heavy (non-hydrogen) atoms. The van der Waals surface area contributed by atoms with Gasteiger partial charge in [-0.05, 0) is 29.9 Å². The number of rotatable bonds is 5. The molecule has 0 aliphatic carbocycles. The monoisotopic (exact) mass is 276 g/mol. The van der Waals surface area contributed by atoms with Crippen LogP contribution in [0.25, 0.3) is 0 Å². The second kappa shape index (κ2) is 6.69. The lowest BCUT2D eigenvalue weighted by Crippen LogP contribution is -2.16. The van der Waals surface area contributed by atoms with Crippen LogP contribution in [-0.2, 0) is 19.7 Å². The summed E-state index contributed by atoms with van der Waals surface area (Å²) in [7, 11) is 1.38. The van der Waals surface area contributed by atoms with Crippen molar-refractivity contribution in [3.63, 3.8) is 0 Å². The van der Waals surface area contributed by atoms with Gasteiger partial charge in [-0.25, -0.2) is 0 Å². The van der Waals surface area contributed by atoms with E-state index >= 15 is 0 Å². The molecule has 0 saturated heterocycles. The second-order valence-corrected chi connectivity index (χ2v) is 6.19. The van der Waals surface area contributed by atoms with Crippen molar-refractivity contribution in [1.82, 2.24) is 0 Å². The van der Waals surface area contributed by atoms with Crippen LogP contribution in [-0.4, -0.2) is 18.9 Å². The van der Waals surface area contributed by atoms with Crippen LogP contribution in [0.2, 0.25) is 0 Å². The summed E-state index contributed by atoms with van der Waals surface area (Å²) in [5.74, 6) is -0.558. The minimum absolute atomic E-state index is 0.0820. The number of ether oxygens (including phenoxy) is 1. The number of hydrogen-bond donors (Lipinski definition) is 0. The van der Waals surface area contributed by atoms with Gasteiger partial charge in [-0.15, -0.1) is 0 Å². The molecule has 3 heteroatoms. The van der Waals surface area contributed by atoms with Gasteiger partial charge in [-0.3, -0.25) is 4.79 Å². The Kier molecular flexibility index (Phi) is 5.49. The highest BCUT2D eigenvalue weighted by atomic mass is 16.5. The van der Waals surface area contributed by atoms with Crippen molar-refractivity contribution in [2.45, 2.75) is 51.9 Å². The van der Waals surface area contributed by atoms with Crippen molar-refractivity contribution in [3.8, 4) is 0 Å². The minimum atomic E-state index is -0.363. The van der Waals surface area contributed by atoms with Gasteiger partial charge in [0, 0.05) is 6.42 Å². The van der Waals surface area contributed by atoms with Gasteiger partial charge in [-0.2, -0.15) is 0 Å². The van der Waals surface area contributed by atoms with Crippen LogP contribution in [0.3, 0.4) is 0 Å². The van der Waals surface area contributed by atoms with Crippen molar-refractivity contribution >= 4 is 11.8 Å². The summed E-state index contributed by atoms with van der Waals surface area (Å²) in [6, 6.07) is 8.00. The van der Waals surface area contributed by atoms with Crippen LogP contribution < -0.4 is 0 Å². The predicted octanol–water partition coefficient (Wildman–Crippen LogP) is 3.61. The number of benzene rings is 1. The molecule has 0 saturated carbocycles. The van der Waals surface area contributed by atoms with E-state index < -0.39 is 0 Å². The molecule has 0 bridgehead atoms. The zero-order chi connectivity index (χ0) is 15.3. The van der Waals surface area contributed by atoms with E-state index in [0.717, 1.165) is 5.56 Å². The van der Waals surface area contributed by atoms with Crippen LogP contribution >= 0.6 is 0 Å². The van der Waals surface area contributed by atoms with Crippen LogP contribution in [0.4, 0.5) is 0 Å². The van der Waals surface area contributed by atoms with Gasteiger partial charge in [0.1, 0.15) is 5.78 Å². The quantitative estimate of drug-likeness (QED) is 0.772. The first-order valence-electron chi connectivity index (χ1n) is 6.93. The summed E-state index contributed by atoms with van der Waals surface area (Å²) < 4.78 is 4.85. The first-order chi connectivity index (χ1) is 9.25. The van der Waals surface area contributed by atoms with E-state index in [1.165, 1.54) is 19.6 Å². The number of carbonyl (C=O) groups excluding carboxylic acids is 2. The molecule has 0 fully saturated rings. The summed E-state index contributed by atoms with van der Waals surface area (Å²) in [5.41, 5.74) is 2.21. The average molecular weight is 276 g/mol. The Morgan fingerprint density at radius 3 is 2.10 bits per heavy atom. The highest BCUT2D eigenvalue weighted by molar-refractivity contribution is 5.80. The second-order valence-electron chi connectivity index (χ2n) is 6.19. The maximum atomic E-state index is 11.9. The van der Waals surface area contributed by atoms with E-state index in [2.05, 4.69) is 20.8 Å². The fourth-order valence-corrected chi connectivity index (χ4v) is 2.13. The molecule has 0 spiro atoms. The topological polar surface area (TPSA) is 43.4 Å². The van der Waals surface area contributed by atoms with Crippen molar-refractivity contribution in [2.24, 2.45) is 0 Å². The number of esters is 1. The smallest absolute Gasteiger partial charge is 0.313 e. The summed E-state index contributed by atoms with van der Waals surface area (Å²) in [6.45, 7) is 7.98. The maximum Gasteiger partial charge on any atom is 0.313 e. The summed E-state index contributed by atoms with van der Waals surface area (Å²) >= 11 is 0. The standard InChI is InChI=1S/C17H24O3/c1-12(18)6-11-15(16(19)20-5)13-7-9-14(10-8-13)17(2,3)4/h7-10,15H,6,11H2,1-5H3. The average Bonchev–Trinajstić information content (AvgIpc) is 2.37. The molecule has 0 aliphatic heterocycles. The first kappa shape index (κ1) is 16.4. The fraction of sp³-hybridized carbons (Fsp3) is 0.529. The zero-order valence-electron chi connectivity index (χ0n) is 13.0. The van der Waals surface area contributed by atoms with Crippen molar-refractivity contribution in [2.75, 3.05) is 7.11 Å². The molecule has 0 aromatic heterocycles. The molecular weight excluding hydrogens is 252 g/mol. The summed E-state index contributed by atoms with van der Waals surface area (Å²) in [5, 5.41) is 0. The highest BCUT2D eigenvalue weighted by Gasteiger charge is 2.22. The molecule has 0 N–H and O–H groups in total. The SMILES string of the molecule is COC(=O)C(CCC(C)=O)c1ccc(C(C)(C)C)cc1. The fourth-order valence-electron chi connectivity index (χ4n) is 2.13. The van der Waals surface area contributed by atoms with E-state index in [4.69, 9.17) is 4.74 Å². The lowest BCUT2D eigenvalue weighted by Gasteiger charge is -2.20. The van der Waals surface area contributed by atoms with E-state index in [9.17, 15) is 9.59 Å². The molecular formula is C17H24O3. The van der Waals surface area contributed by atoms with Gasteiger partial charge in [-0.1, -0.05) is 45.0 Å². The van der Waals surface area contributed by atoms with Crippen molar-refractivity contribution < 1.29 is 14.3 Å². The number of carbonyl (C=O) groups is 2. The van der Waals surface area contributed by atoms with E-state index in [1.54, 1.807) is 0 Å². The Bertz CT molecular complexity index is 466. The Labute approximate surface area is 121 Å². The molecule has 0 heterocycles. The molecule has 1 rings (SSSR count). The largest absolute Gasteiger partial charge is 0.469 e. The Morgan fingerprint density at radius 2 is 1.70 bits per heavy atom. The van der Waals surface area contributed by atoms with Crippen molar-refractivity contribution in [3.05, 3.63) is 35.4 Å². The van der Waals surface area contributed by atoms with E-state index in [-0.39, 0.29) is 23.1 Å². The molecule has 1 atom stereocenters. The number of ketones is 1. The van der Waals surface area contributed by atoms with Gasteiger partial charge < -0.3 is 9.53 Å². The third-order valence-corrected chi connectivity index (χ3v) is 3.45. The Balaban J connectivity index is 2.96. The van der Waals surface area contributed by atoms with Crippen LogP contribution in [0.15, 0.2) is 24.3 Å². The van der Waals surface area contributed by atoms with E-state index in [0.29, 0.717) is 12.8 Å². The normalized spacial score (nSPS) is 12.8. The summed E-state index contributed by atoms with van der Waals surface area (Å²) in [6.07, 6.45) is 0.887. The molecule has 0 aliphatic rings. The molecule has 1 unspecified atom stereocenters. The zero-order valence-corrected chi connectivity index (χ0v) is 13.0. The highest BCUT2D eigenvalue weighted by Crippen LogP contribution is 2.27. The number of Topliss-reactive ketones (excluding diaryl/α,β-unsaturated/α-hetero) is 1. The van der Waals surface area contributed by atoms with E-state index in [1.807, 2.05) is 24.3 Å². The van der Waals surface area contributed by atoms with Crippen molar-refractivity contribution in [1.29, 1.82) is 0 Å². The number of methoxy groups -OCH3 is 1. The van der Waals surface area contributed by atoms with Crippen LogP contribution in [0.1, 0.15) is 57.6 Å².